The number of carbonyl (C=O) groups excluding carboxylic acids is 1. The quantitative estimate of drug-likeness (QED) is 0.607. The Hall–Kier alpha value is -2.54. The molecule has 0 fully saturated rings. The van der Waals surface area contributed by atoms with E-state index in [0.717, 1.165) is 11.4 Å². The Bertz CT molecular complexity index is 817. The van der Waals surface area contributed by atoms with Gasteiger partial charge in [0, 0.05) is 37.9 Å². The minimum atomic E-state index is -0.0355. The maximum Gasteiger partial charge on any atom is 0.223 e. The highest BCUT2D eigenvalue weighted by Gasteiger charge is 2.20. The van der Waals surface area contributed by atoms with E-state index in [4.69, 9.17) is 4.42 Å². The number of thiazole rings is 1. The van der Waals surface area contributed by atoms with E-state index in [1.54, 1.807) is 29.5 Å². The molecular formula is C19H22N4O2S. The van der Waals surface area contributed by atoms with Crippen molar-refractivity contribution < 1.29 is 9.21 Å². The summed E-state index contributed by atoms with van der Waals surface area (Å²) in [6.45, 7) is 1.98. The van der Waals surface area contributed by atoms with Crippen molar-refractivity contribution in [3.05, 3.63) is 64.3 Å². The third kappa shape index (κ3) is 4.76. The van der Waals surface area contributed by atoms with E-state index in [1.807, 2.05) is 30.5 Å². The fourth-order valence-electron chi connectivity index (χ4n) is 2.60. The standard InChI is InChI=1S/C19H22N4O2S/c1-14(19-20-12-13-26-19)23(2)18(24)11-10-17-22-21-16(25-17)9-8-15-6-4-3-5-7-15/h3-7,12-14H,8-11H2,1-2H3/t14-/m0/s1. The Morgan fingerprint density at radius 2 is 1.88 bits per heavy atom. The van der Waals surface area contributed by atoms with E-state index >= 15 is 0 Å². The van der Waals surface area contributed by atoms with Crippen LogP contribution in [-0.4, -0.2) is 33.0 Å². The molecule has 0 spiro atoms. The van der Waals surface area contributed by atoms with E-state index in [0.29, 0.717) is 31.0 Å². The van der Waals surface area contributed by atoms with E-state index in [9.17, 15) is 4.79 Å². The number of benzene rings is 1. The number of nitrogens with zero attached hydrogens (tertiary/aromatic N) is 4. The molecule has 0 radical (unpaired) electrons. The molecule has 3 aromatic rings. The van der Waals surface area contributed by atoms with Crippen LogP contribution in [0.5, 0.6) is 0 Å². The summed E-state index contributed by atoms with van der Waals surface area (Å²) in [5.74, 6) is 1.16. The Kier molecular flexibility index (Phi) is 6.12. The zero-order valence-corrected chi connectivity index (χ0v) is 15.8. The number of hydrogen-bond acceptors (Lipinski definition) is 6. The van der Waals surface area contributed by atoms with Gasteiger partial charge in [-0.3, -0.25) is 4.79 Å². The summed E-state index contributed by atoms with van der Waals surface area (Å²) in [5.41, 5.74) is 1.24. The molecule has 3 rings (SSSR count). The topological polar surface area (TPSA) is 72.1 Å². The fraction of sp³-hybridized carbons (Fsp3) is 0.368. The molecule has 7 heteroatoms. The molecule has 0 unspecified atom stereocenters. The van der Waals surface area contributed by atoms with Gasteiger partial charge in [0.15, 0.2) is 0 Å². The normalized spacial score (nSPS) is 12.1. The maximum absolute atomic E-state index is 12.4. The van der Waals surface area contributed by atoms with Crippen LogP contribution in [0, 0.1) is 0 Å². The molecule has 136 valence electrons. The predicted octanol–water partition coefficient (Wildman–Crippen LogP) is 3.46. The van der Waals surface area contributed by atoms with Gasteiger partial charge in [-0.25, -0.2) is 4.98 Å². The lowest BCUT2D eigenvalue weighted by Crippen LogP contribution is -2.29. The molecule has 6 nitrogen and oxygen atoms in total. The highest BCUT2D eigenvalue weighted by Crippen LogP contribution is 2.21. The first-order valence-electron chi connectivity index (χ1n) is 8.63. The fourth-order valence-corrected chi connectivity index (χ4v) is 3.34. The first-order valence-corrected chi connectivity index (χ1v) is 9.51. The Labute approximate surface area is 156 Å². The van der Waals surface area contributed by atoms with Crippen LogP contribution in [-0.2, 0) is 24.1 Å². The average Bonchev–Trinajstić information content (AvgIpc) is 3.36. The van der Waals surface area contributed by atoms with Crippen LogP contribution in [0.1, 0.15) is 41.7 Å². The minimum absolute atomic E-state index is 0.0355. The summed E-state index contributed by atoms with van der Waals surface area (Å²) in [6, 6.07) is 10.2. The molecule has 1 aromatic carbocycles. The first-order chi connectivity index (χ1) is 12.6. The first kappa shape index (κ1) is 18.3. The Morgan fingerprint density at radius 1 is 1.15 bits per heavy atom. The van der Waals surface area contributed by atoms with Gasteiger partial charge in [-0.05, 0) is 18.9 Å². The largest absolute Gasteiger partial charge is 0.425 e. The van der Waals surface area contributed by atoms with E-state index < -0.39 is 0 Å². The molecule has 0 aliphatic rings. The molecule has 0 aliphatic heterocycles. The Morgan fingerprint density at radius 3 is 2.58 bits per heavy atom. The van der Waals surface area contributed by atoms with Crippen molar-refractivity contribution >= 4 is 17.2 Å². The summed E-state index contributed by atoms with van der Waals surface area (Å²) in [7, 11) is 1.80. The average molecular weight is 370 g/mol. The lowest BCUT2D eigenvalue weighted by atomic mass is 10.1. The van der Waals surface area contributed by atoms with Crippen molar-refractivity contribution in [3.63, 3.8) is 0 Å². The summed E-state index contributed by atoms with van der Waals surface area (Å²) >= 11 is 1.55. The molecule has 0 saturated carbocycles. The van der Waals surface area contributed by atoms with Gasteiger partial charge in [0.25, 0.3) is 0 Å². The number of aromatic nitrogens is 3. The summed E-state index contributed by atoms with van der Waals surface area (Å²) in [4.78, 5) is 18.4. The van der Waals surface area contributed by atoms with Crippen molar-refractivity contribution in [2.45, 2.75) is 38.6 Å². The van der Waals surface area contributed by atoms with Crippen LogP contribution in [0.25, 0.3) is 0 Å². The lowest BCUT2D eigenvalue weighted by Gasteiger charge is -2.23. The minimum Gasteiger partial charge on any atom is -0.425 e. The van der Waals surface area contributed by atoms with Gasteiger partial charge in [-0.2, -0.15) is 0 Å². The molecule has 0 bridgehead atoms. The van der Waals surface area contributed by atoms with Gasteiger partial charge < -0.3 is 9.32 Å². The molecule has 2 heterocycles. The summed E-state index contributed by atoms with van der Waals surface area (Å²) in [5, 5.41) is 11.0. The molecule has 1 amide bonds. The third-order valence-corrected chi connectivity index (χ3v) is 5.26. The lowest BCUT2D eigenvalue weighted by molar-refractivity contribution is -0.131. The monoisotopic (exact) mass is 370 g/mol. The maximum atomic E-state index is 12.4. The zero-order chi connectivity index (χ0) is 18.4. The van der Waals surface area contributed by atoms with Crippen molar-refractivity contribution in [1.82, 2.24) is 20.1 Å². The van der Waals surface area contributed by atoms with Crippen LogP contribution in [0.2, 0.25) is 0 Å². The number of carbonyl (C=O) groups is 1. The second-order valence-corrected chi connectivity index (χ2v) is 7.05. The second kappa shape index (κ2) is 8.71. The number of aryl methyl sites for hydroxylation is 3. The summed E-state index contributed by atoms with van der Waals surface area (Å²) in [6.07, 6.45) is 4.10. The highest BCUT2D eigenvalue weighted by molar-refractivity contribution is 7.09. The van der Waals surface area contributed by atoms with Crippen molar-refractivity contribution in [2.24, 2.45) is 0 Å². The number of amides is 1. The van der Waals surface area contributed by atoms with E-state index in [1.165, 1.54) is 5.56 Å². The van der Waals surface area contributed by atoms with Crippen LogP contribution < -0.4 is 0 Å². The van der Waals surface area contributed by atoms with E-state index in [-0.39, 0.29) is 11.9 Å². The van der Waals surface area contributed by atoms with Gasteiger partial charge in [0.05, 0.1) is 6.04 Å². The number of rotatable bonds is 8. The van der Waals surface area contributed by atoms with Gasteiger partial charge in [0.1, 0.15) is 5.01 Å². The van der Waals surface area contributed by atoms with Gasteiger partial charge >= 0.3 is 0 Å². The molecule has 26 heavy (non-hydrogen) atoms. The Balaban J connectivity index is 1.47. The molecule has 0 N–H and O–H groups in total. The van der Waals surface area contributed by atoms with Gasteiger partial charge in [-0.15, -0.1) is 21.5 Å². The molecular weight excluding hydrogens is 348 g/mol. The SMILES string of the molecule is C[C@@H](c1nccs1)N(C)C(=O)CCc1nnc(CCc2ccccc2)o1. The molecule has 2 aromatic heterocycles. The van der Waals surface area contributed by atoms with Gasteiger partial charge in [0.2, 0.25) is 17.7 Å². The zero-order valence-electron chi connectivity index (χ0n) is 15.0. The number of hydrogen-bond donors (Lipinski definition) is 0. The van der Waals surface area contributed by atoms with Crippen LogP contribution in [0.3, 0.4) is 0 Å². The van der Waals surface area contributed by atoms with Crippen molar-refractivity contribution in [3.8, 4) is 0 Å². The van der Waals surface area contributed by atoms with Crippen molar-refractivity contribution in [1.29, 1.82) is 0 Å². The van der Waals surface area contributed by atoms with Crippen LogP contribution in [0.4, 0.5) is 0 Å². The molecule has 1 atom stereocenters. The van der Waals surface area contributed by atoms with E-state index in [2.05, 4.69) is 27.3 Å². The van der Waals surface area contributed by atoms with Crippen LogP contribution in [0.15, 0.2) is 46.3 Å². The summed E-state index contributed by atoms with van der Waals surface area (Å²) < 4.78 is 5.66. The predicted molar refractivity (Wildman–Crippen MR) is 99.8 cm³/mol. The third-order valence-electron chi connectivity index (χ3n) is 4.31. The molecule has 0 saturated heterocycles. The highest BCUT2D eigenvalue weighted by atomic mass is 32.1. The van der Waals surface area contributed by atoms with Crippen molar-refractivity contribution in [2.75, 3.05) is 7.05 Å². The smallest absolute Gasteiger partial charge is 0.223 e. The second-order valence-electron chi connectivity index (χ2n) is 6.13. The molecule has 0 aliphatic carbocycles. The van der Waals surface area contributed by atoms with Gasteiger partial charge in [-0.1, -0.05) is 30.3 Å². The van der Waals surface area contributed by atoms with Crippen LogP contribution >= 0.6 is 11.3 Å².